The number of hydrogen-bond donors (Lipinski definition) is 1. The van der Waals surface area contributed by atoms with Crippen LogP contribution in [0, 0.1) is 6.92 Å². The van der Waals surface area contributed by atoms with Crippen LogP contribution in [0.5, 0.6) is 0 Å². The molecule has 26 heavy (non-hydrogen) atoms. The summed E-state index contributed by atoms with van der Waals surface area (Å²) in [5.74, 6) is -0.292. The van der Waals surface area contributed by atoms with Crippen molar-refractivity contribution in [3.63, 3.8) is 0 Å². The van der Waals surface area contributed by atoms with Crippen LogP contribution < -0.4 is 5.32 Å². The highest BCUT2D eigenvalue weighted by Gasteiger charge is 2.34. The first-order valence-corrected chi connectivity index (χ1v) is 9.02. The maximum atomic E-state index is 11.9. The first-order chi connectivity index (χ1) is 12.2. The summed E-state index contributed by atoms with van der Waals surface area (Å²) in [6.45, 7) is 10.1. The Balaban J connectivity index is 0.000000284. The van der Waals surface area contributed by atoms with Crippen molar-refractivity contribution in [2.75, 3.05) is 7.05 Å². The van der Waals surface area contributed by atoms with E-state index in [0.29, 0.717) is 36.3 Å². The van der Waals surface area contributed by atoms with Gasteiger partial charge in [-0.25, -0.2) is 0 Å². The standard InChI is InChI=1S/C13H15NO2.C5H7NO2.C2H6/c1-7(2)9-5-6-10-11(8(9)3)13(16)14(4)12(10)15;7-4-2-1-3-5(8)6-4;1-2/h5-7H,1-4H3;1-3H2,(H,6,7,8);1-2H3. The Hall–Kier alpha value is -2.50. The number of rotatable bonds is 1. The molecule has 0 spiro atoms. The zero-order valence-electron chi connectivity index (χ0n) is 16.4. The van der Waals surface area contributed by atoms with E-state index < -0.39 is 0 Å². The third-order valence-corrected chi connectivity index (χ3v) is 4.27. The molecule has 2 heterocycles. The highest BCUT2D eigenvalue weighted by atomic mass is 16.2. The Bertz CT molecular complexity index is 709. The van der Waals surface area contributed by atoms with Gasteiger partial charge in [-0.15, -0.1) is 0 Å². The topological polar surface area (TPSA) is 83.6 Å². The second-order valence-corrected chi connectivity index (χ2v) is 6.35. The van der Waals surface area contributed by atoms with Gasteiger partial charge < -0.3 is 0 Å². The number of hydrogen-bond acceptors (Lipinski definition) is 4. The molecule has 2 aliphatic heterocycles. The molecule has 2 aliphatic rings. The van der Waals surface area contributed by atoms with E-state index in [2.05, 4.69) is 19.2 Å². The van der Waals surface area contributed by atoms with Crippen molar-refractivity contribution in [2.24, 2.45) is 0 Å². The Morgan fingerprint density at radius 2 is 1.50 bits per heavy atom. The molecule has 0 radical (unpaired) electrons. The lowest BCUT2D eigenvalue weighted by Gasteiger charge is -2.11. The van der Waals surface area contributed by atoms with Crippen molar-refractivity contribution in [2.45, 2.75) is 59.8 Å². The smallest absolute Gasteiger partial charge is 0.261 e. The van der Waals surface area contributed by atoms with Crippen LogP contribution in [-0.2, 0) is 9.59 Å². The van der Waals surface area contributed by atoms with E-state index in [-0.39, 0.29) is 23.6 Å². The van der Waals surface area contributed by atoms with Crippen molar-refractivity contribution < 1.29 is 19.2 Å². The molecule has 6 nitrogen and oxygen atoms in total. The summed E-state index contributed by atoms with van der Waals surface area (Å²) in [6, 6.07) is 3.71. The van der Waals surface area contributed by atoms with Crippen LogP contribution in [-0.4, -0.2) is 35.6 Å². The fraction of sp³-hybridized carbons (Fsp3) is 0.500. The van der Waals surface area contributed by atoms with E-state index in [9.17, 15) is 19.2 Å². The molecular weight excluding hydrogens is 332 g/mol. The van der Waals surface area contributed by atoms with Gasteiger partial charge in [-0.05, 0) is 36.5 Å². The Kier molecular flexibility index (Phi) is 7.68. The molecule has 0 atom stereocenters. The third kappa shape index (κ3) is 4.56. The van der Waals surface area contributed by atoms with Gasteiger partial charge in [0.15, 0.2) is 0 Å². The van der Waals surface area contributed by atoms with E-state index in [0.717, 1.165) is 11.1 Å². The first-order valence-electron chi connectivity index (χ1n) is 9.02. The van der Waals surface area contributed by atoms with Crippen LogP contribution in [0.1, 0.15) is 84.7 Å². The normalized spacial score (nSPS) is 15.7. The van der Waals surface area contributed by atoms with Gasteiger partial charge in [0, 0.05) is 19.9 Å². The molecule has 142 valence electrons. The predicted octanol–water partition coefficient (Wildman–Crippen LogP) is 3.18. The lowest BCUT2D eigenvalue weighted by atomic mass is 9.92. The third-order valence-electron chi connectivity index (χ3n) is 4.27. The summed E-state index contributed by atoms with van der Waals surface area (Å²) in [4.78, 5) is 45.5. The molecule has 3 rings (SSSR count). The molecule has 1 fully saturated rings. The minimum atomic E-state index is -0.196. The molecule has 1 N–H and O–H groups in total. The van der Waals surface area contributed by atoms with Crippen LogP contribution in [0.2, 0.25) is 0 Å². The molecule has 4 amide bonds. The molecule has 0 bridgehead atoms. The van der Waals surface area contributed by atoms with Crippen molar-refractivity contribution in [3.8, 4) is 0 Å². The van der Waals surface area contributed by atoms with Crippen molar-refractivity contribution in [1.29, 1.82) is 0 Å². The summed E-state index contributed by atoms with van der Waals surface area (Å²) < 4.78 is 0. The zero-order valence-corrected chi connectivity index (χ0v) is 16.4. The number of nitrogens with one attached hydrogen (secondary N) is 1. The van der Waals surface area contributed by atoms with Gasteiger partial charge in [0.1, 0.15) is 0 Å². The highest BCUT2D eigenvalue weighted by molar-refractivity contribution is 6.21. The number of carbonyl (C=O) groups excluding carboxylic acids is 4. The molecule has 0 aliphatic carbocycles. The number of nitrogens with zero attached hydrogens (tertiary/aromatic N) is 1. The first kappa shape index (κ1) is 21.5. The number of benzene rings is 1. The molecular formula is C20H28N2O4. The summed E-state index contributed by atoms with van der Waals surface area (Å²) in [7, 11) is 1.53. The van der Waals surface area contributed by atoms with Crippen LogP contribution in [0.15, 0.2) is 12.1 Å². The number of amides is 4. The number of imide groups is 2. The fourth-order valence-electron chi connectivity index (χ4n) is 2.94. The van der Waals surface area contributed by atoms with Crippen molar-refractivity contribution >= 4 is 23.6 Å². The van der Waals surface area contributed by atoms with Crippen LogP contribution >= 0.6 is 0 Å². The van der Waals surface area contributed by atoms with Crippen LogP contribution in [0.4, 0.5) is 0 Å². The number of fused-ring (bicyclic) bond motifs is 1. The van der Waals surface area contributed by atoms with Gasteiger partial charge in [0.25, 0.3) is 11.8 Å². The van der Waals surface area contributed by atoms with E-state index in [1.165, 1.54) is 11.9 Å². The van der Waals surface area contributed by atoms with Crippen LogP contribution in [0.25, 0.3) is 0 Å². The van der Waals surface area contributed by atoms with Gasteiger partial charge in [-0.1, -0.05) is 33.8 Å². The molecule has 1 saturated heterocycles. The van der Waals surface area contributed by atoms with Gasteiger partial charge in [-0.2, -0.15) is 0 Å². The summed E-state index contributed by atoms with van der Waals surface area (Å²) in [5.41, 5.74) is 3.19. The second-order valence-electron chi connectivity index (χ2n) is 6.35. The highest BCUT2D eigenvalue weighted by Crippen LogP contribution is 2.30. The van der Waals surface area contributed by atoms with E-state index in [4.69, 9.17) is 0 Å². The predicted molar refractivity (Wildman–Crippen MR) is 100 cm³/mol. The SMILES string of the molecule is CC.Cc1c(C(C)C)ccc2c1C(=O)N(C)C2=O.O=C1CCCC(=O)N1. The van der Waals surface area contributed by atoms with Gasteiger partial charge in [-0.3, -0.25) is 29.4 Å². The van der Waals surface area contributed by atoms with Gasteiger partial charge >= 0.3 is 0 Å². The Morgan fingerprint density at radius 1 is 0.962 bits per heavy atom. The van der Waals surface area contributed by atoms with Crippen molar-refractivity contribution in [3.05, 3.63) is 34.4 Å². The largest absolute Gasteiger partial charge is 0.296 e. The Labute approximate surface area is 154 Å². The monoisotopic (exact) mass is 360 g/mol. The molecule has 0 unspecified atom stereocenters. The maximum absolute atomic E-state index is 11.9. The van der Waals surface area contributed by atoms with E-state index in [1.54, 1.807) is 6.07 Å². The quantitative estimate of drug-likeness (QED) is 0.780. The number of carbonyl (C=O) groups is 4. The maximum Gasteiger partial charge on any atom is 0.261 e. The minimum Gasteiger partial charge on any atom is -0.296 e. The molecule has 1 aromatic carbocycles. The van der Waals surface area contributed by atoms with E-state index in [1.807, 2.05) is 26.8 Å². The zero-order chi connectivity index (χ0) is 20.0. The lowest BCUT2D eigenvalue weighted by molar-refractivity contribution is -0.132. The molecule has 0 aromatic heterocycles. The molecule has 0 saturated carbocycles. The summed E-state index contributed by atoms with van der Waals surface area (Å²) in [5, 5.41) is 2.20. The summed E-state index contributed by atoms with van der Waals surface area (Å²) in [6.07, 6.45) is 1.72. The average molecular weight is 360 g/mol. The fourth-order valence-corrected chi connectivity index (χ4v) is 2.94. The minimum absolute atomic E-state index is 0.138. The second kappa shape index (κ2) is 9.27. The van der Waals surface area contributed by atoms with Gasteiger partial charge in [0.2, 0.25) is 11.8 Å². The van der Waals surface area contributed by atoms with Crippen LogP contribution in [0.3, 0.4) is 0 Å². The lowest BCUT2D eigenvalue weighted by Crippen LogP contribution is -2.33. The molecule has 6 heteroatoms. The molecule has 1 aromatic rings. The Morgan fingerprint density at radius 3 is 1.92 bits per heavy atom. The summed E-state index contributed by atoms with van der Waals surface area (Å²) >= 11 is 0. The van der Waals surface area contributed by atoms with E-state index >= 15 is 0 Å². The van der Waals surface area contributed by atoms with Gasteiger partial charge in [0.05, 0.1) is 11.1 Å². The van der Waals surface area contributed by atoms with Crippen molar-refractivity contribution in [1.82, 2.24) is 10.2 Å². The number of piperidine rings is 1. The average Bonchev–Trinajstić information content (AvgIpc) is 2.82.